The molecular formula is C16H17N3O5S2. The molecule has 0 saturated carbocycles. The van der Waals surface area contributed by atoms with Gasteiger partial charge in [0.2, 0.25) is 15.9 Å². The van der Waals surface area contributed by atoms with E-state index in [0.717, 1.165) is 0 Å². The highest BCUT2D eigenvalue weighted by molar-refractivity contribution is 7.89. The second-order valence-corrected chi connectivity index (χ2v) is 8.43. The minimum atomic E-state index is -3.71. The number of aromatic carboxylic acids is 1. The predicted molar refractivity (Wildman–Crippen MR) is 94.6 cm³/mol. The number of carbonyl (C=O) groups is 2. The lowest BCUT2D eigenvalue weighted by atomic mass is 10.2. The largest absolute Gasteiger partial charge is 0.478 e. The van der Waals surface area contributed by atoms with Crippen LogP contribution in [0.3, 0.4) is 0 Å². The van der Waals surface area contributed by atoms with Crippen LogP contribution in [0.4, 0.5) is 0 Å². The number of amides is 1. The molecule has 0 unspecified atom stereocenters. The van der Waals surface area contributed by atoms with E-state index in [9.17, 15) is 18.0 Å². The molecule has 1 fully saturated rings. The van der Waals surface area contributed by atoms with Gasteiger partial charge in [-0.2, -0.15) is 4.31 Å². The lowest BCUT2D eigenvalue weighted by Gasteiger charge is -2.34. The first-order valence-electron chi connectivity index (χ1n) is 7.86. The number of aromatic nitrogens is 1. The summed E-state index contributed by atoms with van der Waals surface area (Å²) in [5, 5.41) is 10.7. The molecule has 3 rings (SSSR count). The number of rotatable bonds is 5. The molecule has 26 heavy (non-hydrogen) atoms. The normalized spacial score (nSPS) is 15.8. The van der Waals surface area contributed by atoms with Gasteiger partial charge in [0.25, 0.3) is 0 Å². The fourth-order valence-corrected chi connectivity index (χ4v) is 4.67. The molecule has 0 atom stereocenters. The van der Waals surface area contributed by atoms with Crippen LogP contribution in [0.2, 0.25) is 0 Å². The van der Waals surface area contributed by atoms with Gasteiger partial charge in [0.05, 0.1) is 28.1 Å². The van der Waals surface area contributed by atoms with Gasteiger partial charge in [-0.25, -0.2) is 18.2 Å². The lowest BCUT2D eigenvalue weighted by molar-refractivity contribution is -0.131. The standard InChI is InChI=1S/C16H17N3O5S2/c20-15(9-13-10-25-11-17-13)18-5-7-19(8-6-18)26(23,24)14-3-1-12(2-4-14)16(21)22/h1-4,10-11H,5-9H2,(H,21,22). The Labute approximate surface area is 154 Å². The molecule has 1 aromatic carbocycles. The van der Waals surface area contributed by atoms with Crippen LogP contribution in [0.5, 0.6) is 0 Å². The maximum atomic E-state index is 12.7. The van der Waals surface area contributed by atoms with Crippen molar-refractivity contribution in [3.8, 4) is 0 Å². The fourth-order valence-electron chi connectivity index (χ4n) is 2.69. The number of nitrogens with zero attached hydrogens (tertiary/aromatic N) is 3. The van der Waals surface area contributed by atoms with Crippen molar-refractivity contribution < 1.29 is 23.1 Å². The molecular weight excluding hydrogens is 378 g/mol. The van der Waals surface area contributed by atoms with Gasteiger partial charge in [-0.1, -0.05) is 0 Å². The van der Waals surface area contributed by atoms with E-state index in [-0.39, 0.29) is 35.9 Å². The zero-order chi connectivity index (χ0) is 18.7. The van der Waals surface area contributed by atoms with E-state index >= 15 is 0 Å². The van der Waals surface area contributed by atoms with Crippen LogP contribution in [-0.4, -0.2) is 65.8 Å². The van der Waals surface area contributed by atoms with E-state index in [2.05, 4.69) is 4.98 Å². The van der Waals surface area contributed by atoms with Crippen molar-refractivity contribution in [1.82, 2.24) is 14.2 Å². The van der Waals surface area contributed by atoms with E-state index in [4.69, 9.17) is 5.11 Å². The monoisotopic (exact) mass is 395 g/mol. The molecule has 1 saturated heterocycles. The fraction of sp³-hybridized carbons (Fsp3) is 0.312. The molecule has 0 bridgehead atoms. The number of benzene rings is 1. The van der Waals surface area contributed by atoms with Crippen molar-refractivity contribution in [1.29, 1.82) is 0 Å². The molecule has 2 aromatic rings. The van der Waals surface area contributed by atoms with Gasteiger partial charge >= 0.3 is 5.97 Å². The smallest absolute Gasteiger partial charge is 0.335 e. The second-order valence-electron chi connectivity index (χ2n) is 5.77. The molecule has 0 spiro atoms. The van der Waals surface area contributed by atoms with Crippen LogP contribution in [0.1, 0.15) is 16.1 Å². The third-order valence-electron chi connectivity index (χ3n) is 4.15. The van der Waals surface area contributed by atoms with Crippen molar-refractivity contribution >= 4 is 33.2 Å². The van der Waals surface area contributed by atoms with Crippen LogP contribution >= 0.6 is 11.3 Å². The van der Waals surface area contributed by atoms with Crippen LogP contribution in [-0.2, 0) is 21.2 Å². The van der Waals surface area contributed by atoms with Crippen molar-refractivity contribution in [3.63, 3.8) is 0 Å². The molecule has 2 heterocycles. The highest BCUT2D eigenvalue weighted by Crippen LogP contribution is 2.19. The molecule has 138 valence electrons. The number of carboxylic acids is 1. The van der Waals surface area contributed by atoms with Gasteiger partial charge in [0.1, 0.15) is 0 Å². The molecule has 0 aliphatic carbocycles. The predicted octanol–water partition coefficient (Wildman–Crippen LogP) is 0.917. The lowest BCUT2D eigenvalue weighted by Crippen LogP contribution is -2.50. The van der Waals surface area contributed by atoms with Crippen LogP contribution in [0.25, 0.3) is 0 Å². The van der Waals surface area contributed by atoms with E-state index in [1.54, 1.807) is 10.4 Å². The Morgan fingerprint density at radius 1 is 1.12 bits per heavy atom. The molecule has 1 aliphatic heterocycles. The van der Waals surface area contributed by atoms with E-state index in [0.29, 0.717) is 18.8 Å². The first-order chi connectivity index (χ1) is 12.4. The first kappa shape index (κ1) is 18.5. The summed E-state index contributed by atoms with van der Waals surface area (Å²) in [4.78, 5) is 28.9. The van der Waals surface area contributed by atoms with Crippen molar-refractivity contribution in [2.24, 2.45) is 0 Å². The van der Waals surface area contributed by atoms with Gasteiger partial charge in [-0.3, -0.25) is 4.79 Å². The van der Waals surface area contributed by atoms with Gasteiger partial charge in [0.15, 0.2) is 0 Å². The van der Waals surface area contributed by atoms with E-state index in [1.165, 1.54) is 39.9 Å². The number of hydrogen-bond acceptors (Lipinski definition) is 6. The average Bonchev–Trinajstić information content (AvgIpc) is 3.15. The summed E-state index contributed by atoms with van der Waals surface area (Å²) in [5.41, 5.74) is 2.41. The molecule has 1 N–H and O–H groups in total. The number of thiazole rings is 1. The Morgan fingerprint density at radius 3 is 2.31 bits per heavy atom. The summed E-state index contributed by atoms with van der Waals surface area (Å²) >= 11 is 1.43. The van der Waals surface area contributed by atoms with Gasteiger partial charge < -0.3 is 10.0 Å². The molecule has 1 aromatic heterocycles. The van der Waals surface area contributed by atoms with Gasteiger partial charge in [-0.15, -0.1) is 11.3 Å². The number of hydrogen-bond donors (Lipinski definition) is 1. The topological polar surface area (TPSA) is 108 Å². The number of carbonyl (C=O) groups excluding carboxylic acids is 1. The second kappa shape index (κ2) is 7.52. The minimum absolute atomic E-state index is 0.0291. The molecule has 10 heteroatoms. The molecule has 8 nitrogen and oxygen atoms in total. The Morgan fingerprint density at radius 2 is 1.77 bits per heavy atom. The highest BCUT2D eigenvalue weighted by atomic mass is 32.2. The SMILES string of the molecule is O=C(O)c1ccc(S(=O)(=O)N2CCN(C(=O)Cc3cscn3)CC2)cc1. The van der Waals surface area contributed by atoms with Crippen LogP contribution in [0.15, 0.2) is 40.1 Å². The minimum Gasteiger partial charge on any atom is -0.478 e. The molecule has 1 amide bonds. The van der Waals surface area contributed by atoms with Gasteiger partial charge in [0, 0.05) is 31.6 Å². The third-order valence-corrected chi connectivity index (χ3v) is 6.69. The van der Waals surface area contributed by atoms with Crippen molar-refractivity contribution in [3.05, 3.63) is 46.4 Å². The Balaban J connectivity index is 1.63. The maximum Gasteiger partial charge on any atom is 0.335 e. The van der Waals surface area contributed by atoms with Gasteiger partial charge in [-0.05, 0) is 24.3 Å². The van der Waals surface area contributed by atoms with Crippen molar-refractivity contribution in [2.75, 3.05) is 26.2 Å². The van der Waals surface area contributed by atoms with Crippen LogP contribution < -0.4 is 0 Å². The molecule has 0 radical (unpaired) electrons. The summed E-state index contributed by atoms with van der Waals surface area (Å²) in [6, 6.07) is 5.11. The molecule has 1 aliphatic rings. The summed E-state index contributed by atoms with van der Waals surface area (Å²) in [7, 11) is -3.71. The zero-order valence-corrected chi connectivity index (χ0v) is 15.4. The summed E-state index contributed by atoms with van der Waals surface area (Å²) in [6.07, 6.45) is 0.215. The van der Waals surface area contributed by atoms with Crippen molar-refractivity contribution in [2.45, 2.75) is 11.3 Å². The van der Waals surface area contributed by atoms with E-state index < -0.39 is 16.0 Å². The average molecular weight is 395 g/mol. The highest BCUT2D eigenvalue weighted by Gasteiger charge is 2.30. The summed E-state index contributed by atoms with van der Waals surface area (Å²) in [5.74, 6) is -1.18. The third kappa shape index (κ3) is 3.92. The number of sulfonamides is 1. The Kier molecular flexibility index (Phi) is 5.35. The first-order valence-corrected chi connectivity index (χ1v) is 10.2. The Bertz CT molecular complexity index is 886. The zero-order valence-electron chi connectivity index (χ0n) is 13.7. The maximum absolute atomic E-state index is 12.7. The quantitative estimate of drug-likeness (QED) is 0.806. The summed E-state index contributed by atoms with van der Waals surface area (Å²) < 4.78 is 26.7. The number of piperazine rings is 1. The Hall–Kier alpha value is -2.30. The van der Waals surface area contributed by atoms with Crippen LogP contribution in [0, 0.1) is 0 Å². The number of carboxylic acid groups (broad SMARTS) is 1. The summed E-state index contributed by atoms with van der Waals surface area (Å²) in [6.45, 7) is 1.03. The van der Waals surface area contributed by atoms with E-state index in [1.807, 2.05) is 5.38 Å².